The molecule has 0 aliphatic carbocycles. The van der Waals surface area contributed by atoms with Gasteiger partial charge in [0, 0.05) is 23.5 Å². The first-order valence-electron chi connectivity index (χ1n) is 11.6. The van der Waals surface area contributed by atoms with Crippen LogP contribution in [-0.2, 0) is 16.0 Å². The Balaban J connectivity index is 0.000000202. The normalized spacial score (nSPS) is 11.4. The van der Waals surface area contributed by atoms with Crippen LogP contribution in [0.3, 0.4) is 0 Å². The molecular weight excluding hydrogens is 484 g/mol. The van der Waals surface area contributed by atoms with Gasteiger partial charge in [0.15, 0.2) is 11.0 Å². The number of primary amides is 1. The molecule has 4 aromatic rings. The van der Waals surface area contributed by atoms with Gasteiger partial charge in [-0.05, 0) is 22.3 Å². The molecule has 0 aliphatic heterocycles. The second kappa shape index (κ2) is 14.2. The van der Waals surface area contributed by atoms with Gasteiger partial charge in [0.25, 0.3) is 5.91 Å². The molecule has 0 radical (unpaired) electrons. The average molecular weight is 515 g/mol. The van der Waals surface area contributed by atoms with Gasteiger partial charge in [-0.3, -0.25) is 4.79 Å². The van der Waals surface area contributed by atoms with Crippen molar-refractivity contribution in [2.75, 3.05) is 5.75 Å². The zero-order valence-electron chi connectivity index (χ0n) is 19.9. The molecule has 0 bridgehead atoms. The van der Waals surface area contributed by atoms with Crippen LogP contribution in [0.25, 0.3) is 0 Å². The second-order valence-electron chi connectivity index (χ2n) is 8.24. The Labute approximate surface area is 221 Å². The van der Waals surface area contributed by atoms with Crippen LogP contribution in [0.2, 0.25) is 0 Å². The summed E-state index contributed by atoms with van der Waals surface area (Å²) in [6, 6.07) is 39.8. The summed E-state index contributed by atoms with van der Waals surface area (Å²) in [5, 5.41) is -0.324. The summed E-state index contributed by atoms with van der Waals surface area (Å²) in [5.41, 5.74) is 15.2. The van der Waals surface area contributed by atoms with Crippen molar-refractivity contribution in [3.05, 3.63) is 144 Å². The van der Waals surface area contributed by atoms with E-state index in [2.05, 4.69) is 24.3 Å². The fourth-order valence-corrected chi connectivity index (χ4v) is 5.51. The summed E-state index contributed by atoms with van der Waals surface area (Å²) >= 11 is 3.69. The highest BCUT2D eigenvalue weighted by molar-refractivity contribution is 7.92. The van der Waals surface area contributed by atoms with E-state index < -0.39 is 17.1 Å². The lowest BCUT2D eigenvalue weighted by Crippen LogP contribution is -2.27. The third-order valence-corrected chi connectivity index (χ3v) is 7.37. The third kappa shape index (κ3) is 8.34. The number of amides is 1. The average Bonchev–Trinajstić information content (AvgIpc) is 2.90. The molecule has 1 amide bonds. The summed E-state index contributed by atoms with van der Waals surface area (Å²) in [4.78, 5) is 11.6. The minimum absolute atomic E-state index is 0.131. The minimum Gasteiger partial charge on any atom is -0.615 e. The number of carbonyl (C=O) groups excluding carboxylic acids is 1. The van der Waals surface area contributed by atoms with E-state index in [0.717, 1.165) is 11.1 Å². The molecule has 4 N–H and O–H groups in total. The minimum atomic E-state index is -1.36. The molecule has 1 unspecified atom stereocenters. The highest BCUT2D eigenvalue weighted by Gasteiger charge is 2.27. The number of rotatable bonds is 9. The van der Waals surface area contributed by atoms with E-state index in [-0.39, 0.29) is 16.9 Å². The highest BCUT2D eigenvalue weighted by atomic mass is 32.2. The van der Waals surface area contributed by atoms with Gasteiger partial charge in [0.1, 0.15) is 0 Å². The first-order chi connectivity index (χ1) is 17.5. The third-order valence-electron chi connectivity index (χ3n) is 5.56. The Morgan fingerprint density at radius 1 is 0.667 bits per heavy atom. The lowest BCUT2D eigenvalue weighted by molar-refractivity contribution is -0.115. The summed E-state index contributed by atoms with van der Waals surface area (Å²) in [7, 11) is 0. The van der Waals surface area contributed by atoms with Crippen molar-refractivity contribution in [2.45, 2.75) is 17.6 Å². The van der Waals surface area contributed by atoms with Gasteiger partial charge in [0.2, 0.25) is 0 Å². The maximum absolute atomic E-state index is 12.4. The van der Waals surface area contributed by atoms with Gasteiger partial charge in [-0.1, -0.05) is 134 Å². The standard InChI is InChI=1S/C15H15NO2S.C15H15NS/c16-14(17)11-19(18)15(12-7-3-1-4-8-12)13-9-5-2-6-10-13;16-15(17)11-14(12-7-3-1-4-8-12)13-9-5-2-6-10-13/h1-10,15H,11H2,(H2,16,17);1-10,14H,11H2,(H2,16,17). The molecule has 0 fully saturated rings. The van der Waals surface area contributed by atoms with Crippen LogP contribution in [0.4, 0.5) is 0 Å². The second-order valence-corrected chi connectivity index (χ2v) is 10.3. The van der Waals surface area contributed by atoms with Crippen LogP contribution < -0.4 is 11.5 Å². The van der Waals surface area contributed by atoms with Crippen molar-refractivity contribution >= 4 is 34.3 Å². The van der Waals surface area contributed by atoms with Crippen LogP contribution >= 0.6 is 12.2 Å². The zero-order valence-corrected chi connectivity index (χ0v) is 21.5. The molecule has 184 valence electrons. The fourth-order valence-electron chi connectivity index (χ4n) is 3.98. The molecule has 4 aromatic carbocycles. The van der Waals surface area contributed by atoms with Gasteiger partial charge >= 0.3 is 0 Å². The largest absolute Gasteiger partial charge is 0.615 e. The molecule has 0 saturated heterocycles. The van der Waals surface area contributed by atoms with Crippen LogP contribution in [0, 0.1) is 0 Å². The predicted octanol–water partition coefficient (Wildman–Crippen LogP) is 5.50. The Kier molecular flexibility index (Phi) is 10.7. The van der Waals surface area contributed by atoms with Gasteiger partial charge < -0.3 is 16.0 Å². The molecular formula is C30H30N2O2S2. The number of benzene rings is 4. The molecule has 36 heavy (non-hydrogen) atoms. The molecule has 1 atom stereocenters. The topological polar surface area (TPSA) is 92.2 Å². The van der Waals surface area contributed by atoms with E-state index in [1.807, 2.05) is 97.1 Å². The van der Waals surface area contributed by atoms with Crippen molar-refractivity contribution in [2.24, 2.45) is 11.5 Å². The van der Waals surface area contributed by atoms with E-state index in [1.54, 1.807) is 0 Å². The molecule has 6 heteroatoms. The summed E-state index contributed by atoms with van der Waals surface area (Å²) in [6.45, 7) is 0. The number of carbonyl (C=O) groups is 1. The monoisotopic (exact) mass is 514 g/mol. The van der Waals surface area contributed by atoms with Crippen LogP contribution in [0.5, 0.6) is 0 Å². The van der Waals surface area contributed by atoms with Gasteiger partial charge in [-0.15, -0.1) is 0 Å². The molecule has 0 aliphatic rings. The van der Waals surface area contributed by atoms with E-state index >= 15 is 0 Å². The smallest absolute Gasteiger partial charge is 0.267 e. The molecule has 4 rings (SSSR count). The Morgan fingerprint density at radius 2 is 1.00 bits per heavy atom. The van der Waals surface area contributed by atoms with Crippen molar-refractivity contribution < 1.29 is 9.35 Å². The van der Waals surface area contributed by atoms with E-state index in [1.165, 1.54) is 11.1 Å². The zero-order chi connectivity index (χ0) is 25.8. The number of hydrogen-bond acceptors (Lipinski definition) is 3. The number of nitrogens with two attached hydrogens (primary N) is 2. The molecule has 4 nitrogen and oxygen atoms in total. The first-order valence-corrected chi connectivity index (χ1v) is 13.4. The number of hydrogen-bond donors (Lipinski definition) is 2. The van der Waals surface area contributed by atoms with Gasteiger partial charge in [0.05, 0.1) is 4.99 Å². The van der Waals surface area contributed by atoms with Crippen LogP contribution in [-0.4, -0.2) is 21.2 Å². The molecule has 0 spiro atoms. The van der Waals surface area contributed by atoms with E-state index in [0.29, 0.717) is 11.4 Å². The molecule has 0 heterocycles. The summed E-state index contributed by atoms with van der Waals surface area (Å²) in [6.07, 6.45) is 0.712. The van der Waals surface area contributed by atoms with Gasteiger partial charge in [-0.25, -0.2) is 0 Å². The fraction of sp³-hybridized carbons (Fsp3) is 0.133. The first kappa shape index (κ1) is 27.1. The Hall–Kier alpha value is -3.45. The van der Waals surface area contributed by atoms with Gasteiger partial charge in [-0.2, -0.15) is 0 Å². The quantitative estimate of drug-likeness (QED) is 0.228. The van der Waals surface area contributed by atoms with Crippen molar-refractivity contribution in [3.63, 3.8) is 0 Å². The van der Waals surface area contributed by atoms with Crippen LogP contribution in [0.15, 0.2) is 121 Å². The molecule has 0 aromatic heterocycles. The van der Waals surface area contributed by atoms with E-state index in [9.17, 15) is 9.35 Å². The van der Waals surface area contributed by atoms with Crippen molar-refractivity contribution in [3.8, 4) is 0 Å². The lowest BCUT2D eigenvalue weighted by Gasteiger charge is -2.21. The SMILES string of the molecule is NC(=O)C[S+]([O-])C(c1ccccc1)c1ccccc1.NC(=S)CC(c1ccccc1)c1ccccc1. The summed E-state index contributed by atoms with van der Waals surface area (Å²) in [5.74, 6) is -0.417. The maximum Gasteiger partial charge on any atom is 0.267 e. The molecule has 0 saturated carbocycles. The predicted molar refractivity (Wildman–Crippen MR) is 153 cm³/mol. The number of thiocarbonyl (C=S) groups is 1. The Bertz CT molecular complexity index is 1130. The van der Waals surface area contributed by atoms with E-state index in [4.69, 9.17) is 23.7 Å². The van der Waals surface area contributed by atoms with Crippen LogP contribution in [0.1, 0.15) is 39.8 Å². The van der Waals surface area contributed by atoms with Crippen molar-refractivity contribution in [1.29, 1.82) is 0 Å². The Morgan fingerprint density at radius 3 is 1.31 bits per heavy atom. The highest BCUT2D eigenvalue weighted by Crippen LogP contribution is 2.30. The van der Waals surface area contributed by atoms with Crippen molar-refractivity contribution in [1.82, 2.24) is 0 Å². The lowest BCUT2D eigenvalue weighted by atomic mass is 9.89. The summed E-state index contributed by atoms with van der Waals surface area (Å²) < 4.78 is 12.4. The maximum atomic E-state index is 12.4.